The quantitative estimate of drug-likeness (QED) is 0.346. The highest BCUT2D eigenvalue weighted by molar-refractivity contribution is 9.39. The molecule has 0 heterocycles. The van der Waals surface area contributed by atoms with Gasteiger partial charge < -0.3 is 5.11 Å². The molecule has 0 bridgehead atoms. The van der Waals surface area contributed by atoms with Gasteiger partial charge in [-0.3, -0.25) is 8.98 Å². The third kappa shape index (κ3) is 4.06. The van der Waals surface area contributed by atoms with Gasteiger partial charge >= 0.3 is 5.97 Å². The number of hydrogen-bond acceptors (Lipinski definition) is 4. The average molecular weight is 499 g/mol. The minimum absolute atomic E-state index is 0.336. The van der Waals surface area contributed by atoms with Crippen LogP contribution in [0.1, 0.15) is 13.8 Å². The SMILES string of the molecule is C=CCS(=O)(=O)OC(C1C(C(=O)O)C1(C)C)C(Br)(Br)Br. The van der Waals surface area contributed by atoms with E-state index in [1.54, 1.807) is 13.8 Å². The first-order chi connectivity index (χ1) is 8.84. The molecule has 1 aliphatic carbocycles. The van der Waals surface area contributed by atoms with E-state index in [9.17, 15) is 18.3 Å². The monoisotopic (exact) mass is 496 g/mol. The third-order valence-corrected chi connectivity index (χ3v) is 5.90. The largest absolute Gasteiger partial charge is 0.481 e. The lowest BCUT2D eigenvalue weighted by Gasteiger charge is -2.26. The molecule has 1 aliphatic rings. The van der Waals surface area contributed by atoms with Crippen molar-refractivity contribution in [2.45, 2.75) is 22.1 Å². The summed E-state index contributed by atoms with van der Waals surface area (Å²) in [6, 6.07) is 0. The number of carboxylic acid groups (broad SMARTS) is 1. The normalized spacial score (nSPS) is 26.9. The van der Waals surface area contributed by atoms with Crippen LogP contribution in [0.5, 0.6) is 0 Å². The molecule has 5 nitrogen and oxygen atoms in total. The second-order valence-corrected chi connectivity index (χ2v) is 13.8. The van der Waals surface area contributed by atoms with Crippen LogP contribution >= 0.6 is 47.8 Å². The van der Waals surface area contributed by atoms with E-state index in [0.717, 1.165) is 0 Å². The third-order valence-electron chi connectivity index (χ3n) is 3.40. The van der Waals surface area contributed by atoms with Crippen LogP contribution in [0, 0.1) is 17.3 Å². The minimum Gasteiger partial charge on any atom is -0.481 e. The van der Waals surface area contributed by atoms with E-state index in [1.807, 2.05) is 0 Å². The molecule has 0 aliphatic heterocycles. The zero-order valence-corrected chi connectivity index (χ0v) is 16.4. The molecule has 9 heteroatoms. The number of halogens is 3. The van der Waals surface area contributed by atoms with Crippen molar-refractivity contribution in [3.8, 4) is 0 Å². The first-order valence-corrected chi connectivity index (χ1v) is 9.61. The molecule has 20 heavy (non-hydrogen) atoms. The molecule has 1 fully saturated rings. The van der Waals surface area contributed by atoms with Crippen molar-refractivity contribution in [1.82, 2.24) is 0 Å². The summed E-state index contributed by atoms with van der Waals surface area (Å²) in [6.07, 6.45) is 0.306. The molecule has 0 saturated heterocycles. The van der Waals surface area contributed by atoms with Gasteiger partial charge in [-0.2, -0.15) is 8.42 Å². The average Bonchev–Trinajstić information content (AvgIpc) is 2.76. The van der Waals surface area contributed by atoms with Gasteiger partial charge in [0.2, 0.25) is 0 Å². The predicted molar refractivity (Wildman–Crippen MR) is 86.8 cm³/mol. The Bertz CT molecular complexity index is 509. The number of carboxylic acids is 1. The highest BCUT2D eigenvalue weighted by Crippen LogP contribution is 2.64. The maximum atomic E-state index is 11.8. The van der Waals surface area contributed by atoms with Crippen molar-refractivity contribution in [2.75, 3.05) is 5.75 Å². The van der Waals surface area contributed by atoms with Crippen molar-refractivity contribution in [2.24, 2.45) is 17.3 Å². The highest BCUT2D eigenvalue weighted by atomic mass is 80.0. The van der Waals surface area contributed by atoms with Crippen molar-refractivity contribution < 1.29 is 22.5 Å². The van der Waals surface area contributed by atoms with Gasteiger partial charge in [-0.15, -0.1) is 6.58 Å². The predicted octanol–water partition coefficient (Wildman–Crippen LogP) is 3.08. The molecule has 0 spiro atoms. The summed E-state index contributed by atoms with van der Waals surface area (Å²) in [6.45, 7) is 6.90. The molecular formula is C11H15Br3O5S. The van der Waals surface area contributed by atoms with E-state index in [-0.39, 0.29) is 5.75 Å². The van der Waals surface area contributed by atoms with Crippen molar-refractivity contribution in [1.29, 1.82) is 0 Å². The van der Waals surface area contributed by atoms with E-state index < -0.39 is 41.6 Å². The Hall–Kier alpha value is 0.560. The second kappa shape index (κ2) is 5.98. The van der Waals surface area contributed by atoms with Crippen LogP contribution < -0.4 is 0 Å². The maximum Gasteiger partial charge on any atom is 0.307 e. The van der Waals surface area contributed by atoms with Gasteiger partial charge in [0.05, 0.1) is 11.7 Å². The molecular weight excluding hydrogens is 484 g/mol. The summed E-state index contributed by atoms with van der Waals surface area (Å²) >= 11 is 9.73. The Morgan fingerprint density at radius 1 is 1.50 bits per heavy atom. The molecule has 1 rings (SSSR count). The molecule has 116 valence electrons. The smallest absolute Gasteiger partial charge is 0.307 e. The molecule has 0 aromatic rings. The summed E-state index contributed by atoms with van der Waals surface area (Å²) in [5, 5.41) is 9.21. The zero-order chi connectivity index (χ0) is 15.9. The number of aliphatic carboxylic acids is 1. The lowest BCUT2D eigenvalue weighted by Crippen LogP contribution is -2.35. The highest BCUT2D eigenvalue weighted by Gasteiger charge is 2.68. The van der Waals surface area contributed by atoms with Crippen LogP contribution in [0.4, 0.5) is 0 Å². The van der Waals surface area contributed by atoms with E-state index in [2.05, 4.69) is 54.4 Å². The zero-order valence-electron chi connectivity index (χ0n) is 10.8. The molecule has 1 saturated carbocycles. The van der Waals surface area contributed by atoms with Gasteiger partial charge in [0, 0.05) is 5.92 Å². The Morgan fingerprint density at radius 3 is 2.30 bits per heavy atom. The number of alkyl halides is 3. The van der Waals surface area contributed by atoms with Crippen LogP contribution in [0.2, 0.25) is 0 Å². The fourth-order valence-electron chi connectivity index (χ4n) is 2.37. The lowest BCUT2D eigenvalue weighted by atomic mass is 10.1. The molecule has 0 aromatic heterocycles. The van der Waals surface area contributed by atoms with Gasteiger partial charge in [0.25, 0.3) is 10.1 Å². The molecule has 3 unspecified atom stereocenters. The van der Waals surface area contributed by atoms with Gasteiger partial charge in [-0.1, -0.05) is 67.7 Å². The van der Waals surface area contributed by atoms with Crippen LogP contribution in [0.15, 0.2) is 12.7 Å². The fourth-order valence-corrected chi connectivity index (χ4v) is 4.83. The summed E-state index contributed by atoms with van der Waals surface area (Å²) in [4.78, 5) is 11.2. The van der Waals surface area contributed by atoms with Gasteiger partial charge in [0.1, 0.15) is 6.10 Å². The fraction of sp³-hybridized carbons (Fsp3) is 0.727. The van der Waals surface area contributed by atoms with Crippen LogP contribution in [-0.4, -0.2) is 33.5 Å². The van der Waals surface area contributed by atoms with E-state index in [1.165, 1.54) is 6.08 Å². The van der Waals surface area contributed by atoms with Crippen molar-refractivity contribution in [3.63, 3.8) is 0 Å². The molecule has 0 amide bonds. The lowest BCUT2D eigenvalue weighted by molar-refractivity contribution is -0.139. The standard InChI is InChI=1S/C11H15Br3O5S/c1-4-5-20(17,18)19-8(11(12,13)14)6-7(9(15)16)10(6,2)3/h4,6-8H,1,5H2,2-3H3,(H,15,16). The Kier molecular flexibility index (Phi) is 5.57. The van der Waals surface area contributed by atoms with Gasteiger partial charge in [0.15, 0.2) is 2.14 Å². The van der Waals surface area contributed by atoms with Crippen LogP contribution in [0.25, 0.3) is 0 Å². The maximum absolute atomic E-state index is 11.8. The number of carbonyl (C=O) groups is 1. The Labute approximate surface area is 143 Å². The van der Waals surface area contributed by atoms with E-state index in [0.29, 0.717) is 0 Å². The van der Waals surface area contributed by atoms with Crippen LogP contribution in [-0.2, 0) is 19.1 Å². The van der Waals surface area contributed by atoms with E-state index in [4.69, 9.17) is 4.18 Å². The molecule has 1 N–H and O–H groups in total. The van der Waals surface area contributed by atoms with Gasteiger partial charge in [-0.05, 0) is 5.41 Å². The summed E-state index contributed by atoms with van der Waals surface area (Å²) in [7, 11) is -3.82. The van der Waals surface area contributed by atoms with Gasteiger partial charge in [-0.25, -0.2) is 0 Å². The molecule has 0 radical (unpaired) electrons. The summed E-state index contributed by atoms with van der Waals surface area (Å²) in [5.41, 5.74) is -0.555. The molecule has 3 atom stereocenters. The first kappa shape index (κ1) is 18.6. The number of rotatable bonds is 6. The van der Waals surface area contributed by atoms with Crippen LogP contribution in [0.3, 0.4) is 0 Å². The van der Waals surface area contributed by atoms with Crippen molar-refractivity contribution >= 4 is 63.9 Å². The topological polar surface area (TPSA) is 80.7 Å². The second-order valence-electron chi connectivity index (χ2n) is 5.23. The van der Waals surface area contributed by atoms with Crippen molar-refractivity contribution in [3.05, 3.63) is 12.7 Å². The Balaban J connectivity index is 3.06. The summed E-state index contributed by atoms with van der Waals surface area (Å²) < 4.78 is 27.8. The Morgan fingerprint density at radius 2 is 2.00 bits per heavy atom. The first-order valence-electron chi connectivity index (χ1n) is 5.66. The minimum atomic E-state index is -3.82. The number of hydrogen-bond donors (Lipinski definition) is 1. The molecule has 0 aromatic carbocycles. The summed E-state index contributed by atoms with van der Waals surface area (Å²) in [5.74, 6) is -2.43. The van der Waals surface area contributed by atoms with E-state index >= 15 is 0 Å².